The van der Waals surface area contributed by atoms with Crippen molar-refractivity contribution in [3.8, 4) is 5.75 Å². The highest BCUT2D eigenvalue weighted by Crippen LogP contribution is 2.51. The molecule has 0 amide bonds. The van der Waals surface area contributed by atoms with E-state index in [0.29, 0.717) is 16.9 Å². The van der Waals surface area contributed by atoms with E-state index in [0.717, 1.165) is 5.56 Å². The van der Waals surface area contributed by atoms with Crippen molar-refractivity contribution >= 4 is 15.8 Å². The Morgan fingerprint density at radius 1 is 1.03 bits per heavy atom. The smallest absolute Gasteiger partial charge is 0.334 e. The molecule has 1 heterocycles. The number of aryl methyl sites for hydroxylation is 1. The molecular formula is C25H21FO4S. The molecule has 31 heavy (non-hydrogen) atoms. The van der Waals surface area contributed by atoms with Crippen molar-refractivity contribution in [3.63, 3.8) is 0 Å². The number of hydrogen-bond donors (Lipinski definition) is 0. The Bertz CT molecular complexity index is 1250. The zero-order valence-corrected chi connectivity index (χ0v) is 17.7. The first-order chi connectivity index (χ1) is 14.8. The maximum atomic E-state index is 14.1. The molecule has 1 aliphatic heterocycles. The number of ether oxygens (including phenoxy) is 1. The van der Waals surface area contributed by atoms with E-state index in [4.69, 9.17) is 4.74 Å². The third kappa shape index (κ3) is 3.27. The Hall–Kier alpha value is -3.25. The van der Waals surface area contributed by atoms with Gasteiger partial charge in [0.25, 0.3) is 0 Å². The van der Waals surface area contributed by atoms with Gasteiger partial charge in [-0.25, -0.2) is 17.6 Å². The topological polar surface area (TPSA) is 60.4 Å². The first-order valence-electron chi connectivity index (χ1n) is 9.80. The third-order valence-electron chi connectivity index (χ3n) is 5.71. The average Bonchev–Trinajstić information content (AvgIpc) is 2.75. The molecule has 0 fully saturated rings. The molecular weight excluding hydrogens is 415 g/mol. The van der Waals surface area contributed by atoms with Crippen LogP contribution in [-0.4, -0.2) is 19.1 Å². The maximum absolute atomic E-state index is 14.1. The van der Waals surface area contributed by atoms with E-state index in [1.54, 1.807) is 36.4 Å². The van der Waals surface area contributed by atoms with Gasteiger partial charge in [-0.1, -0.05) is 54.1 Å². The normalized spacial score (nSPS) is 20.6. The summed E-state index contributed by atoms with van der Waals surface area (Å²) in [5.41, 5.74) is 1.94. The molecule has 0 saturated carbocycles. The molecule has 2 atom stereocenters. The molecule has 4 rings (SSSR count). The number of sulfone groups is 1. The molecule has 0 aromatic heterocycles. The first kappa shape index (κ1) is 21.0. The Labute approximate surface area is 180 Å². The first-order valence-corrected chi connectivity index (χ1v) is 11.3. The predicted octanol–water partition coefficient (Wildman–Crippen LogP) is 4.97. The van der Waals surface area contributed by atoms with Crippen LogP contribution >= 0.6 is 0 Å². The molecule has 0 bridgehead atoms. The number of benzene rings is 3. The monoisotopic (exact) mass is 436 g/mol. The van der Waals surface area contributed by atoms with Crippen LogP contribution in [0.15, 0.2) is 90.3 Å². The molecule has 4 nitrogen and oxygen atoms in total. The third-order valence-corrected chi connectivity index (χ3v) is 8.13. The van der Waals surface area contributed by atoms with Crippen molar-refractivity contribution in [3.05, 3.63) is 108 Å². The summed E-state index contributed by atoms with van der Waals surface area (Å²) in [4.78, 5) is 13.5. The lowest BCUT2D eigenvalue weighted by Gasteiger charge is -2.41. The summed E-state index contributed by atoms with van der Waals surface area (Å²) < 4.78 is 45.4. The van der Waals surface area contributed by atoms with Crippen LogP contribution < -0.4 is 4.74 Å². The zero-order chi connectivity index (χ0) is 22.2. The summed E-state index contributed by atoms with van der Waals surface area (Å²) >= 11 is 0. The summed E-state index contributed by atoms with van der Waals surface area (Å²) in [5, 5.41) is 0. The van der Waals surface area contributed by atoms with Crippen LogP contribution in [0.3, 0.4) is 0 Å². The second-order valence-corrected chi connectivity index (χ2v) is 9.82. The van der Waals surface area contributed by atoms with Gasteiger partial charge in [-0.05, 0) is 49.2 Å². The zero-order valence-electron chi connectivity index (χ0n) is 16.9. The number of rotatable bonds is 5. The Balaban J connectivity index is 2.06. The number of carbonyl (C=O) groups is 1. The minimum Gasteiger partial charge on any atom is -0.425 e. The molecule has 0 radical (unpaired) electrons. The average molecular weight is 437 g/mol. The van der Waals surface area contributed by atoms with Crippen LogP contribution in [0, 0.1) is 12.7 Å². The number of carbonyl (C=O) groups excluding carboxylic acids is 1. The van der Waals surface area contributed by atoms with Gasteiger partial charge < -0.3 is 4.74 Å². The highest BCUT2D eigenvalue weighted by molar-refractivity contribution is 7.93. The van der Waals surface area contributed by atoms with E-state index in [-0.39, 0.29) is 11.3 Å². The molecule has 0 saturated heterocycles. The number of allylic oxidation sites excluding steroid dienone is 1. The molecule has 6 heteroatoms. The van der Waals surface area contributed by atoms with Crippen molar-refractivity contribution in [1.29, 1.82) is 0 Å². The van der Waals surface area contributed by atoms with E-state index >= 15 is 0 Å². The maximum Gasteiger partial charge on any atom is 0.334 e. The van der Waals surface area contributed by atoms with Crippen molar-refractivity contribution < 1.29 is 22.3 Å². The largest absolute Gasteiger partial charge is 0.425 e. The van der Waals surface area contributed by atoms with Crippen LogP contribution in [0.4, 0.5) is 4.39 Å². The fourth-order valence-electron chi connectivity index (χ4n) is 4.19. The lowest BCUT2D eigenvalue weighted by Crippen LogP contribution is -2.55. The van der Waals surface area contributed by atoms with Crippen molar-refractivity contribution in [2.24, 2.45) is 0 Å². The number of hydrogen-bond acceptors (Lipinski definition) is 4. The van der Waals surface area contributed by atoms with Crippen LogP contribution in [0.25, 0.3) is 0 Å². The summed E-state index contributed by atoms with van der Waals surface area (Å²) in [5.74, 6) is -1.94. The van der Waals surface area contributed by atoms with E-state index in [1.165, 1.54) is 42.5 Å². The van der Waals surface area contributed by atoms with Gasteiger partial charge in [-0.3, -0.25) is 0 Å². The lowest BCUT2D eigenvalue weighted by molar-refractivity contribution is -0.139. The summed E-state index contributed by atoms with van der Waals surface area (Å²) in [7, 11) is -4.24. The molecule has 0 aliphatic carbocycles. The minimum absolute atomic E-state index is 0.0170. The molecule has 0 spiro atoms. The molecule has 1 aliphatic rings. The van der Waals surface area contributed by atoms with Crippen molar-refractivity contribution in [2.75, 3.05) is 0 Å². The lowest BCUT2D eigenvalue weighted by atomic mass is 9.76. The van der Waals surface area contributed by atoms with Crippen LogP contribution in [0.2, 0.25) is 0 Å². The fraction of sp³-hybridized carbons (Fsp3) is 0.160. The molecule has 0 N–H and O–H groups in total. The van der Waals surface area contributed by atoms with Crippen LogP contribution in [-0.2, 0) is 14.6 Å². The van der Waals surface area contributed by atoms with Crippen molar-refractivity contribution in [2.45, 2.75) is 28.9 Å². The van der Waals surface area contributed by atoms with Gasteiger partial charge in [0.2, 0.25) is 0 Å². The van der Waals surface area contributed by atoms with E-state index in [1.807, 2.05) is 6.92 Å². The number of para-hydroxylation sites is 1. The van der Waals surface area contributed by atoms with Gasteiger partial charge in [-0.15, -0.1) is 6.58 Å². The standard InChI is InChI=1S/C25H21FO4S/c1-3-16-25(31(28,29)20-14-8-17(2)9-15-20)23(18-10-12-19(26)13-11-18)21-6-4-5-7-22(21)30-24(25)27/h3-15,23H,1,16H2,2H3. The van der Waals surface area contributed by atoms with Crippen molar-refractivity contribution in [1.82, 2.24) is 0 Å². The Kier molecular flexibility index (Phi) is 5.27. The van der Waals surface area contributed by atoms with E-state index < -0.39 is 32.3 Å². The molecule has 158 valence electrons. The summed E-state index contributed by atoms with van der Waals surface area (Å²) in [6.45, 7) is 5.57. The van der Waals surface area contributed by atoms with E-state index in [9.17, 15) is 17.6 Å². The number of halogens is 1. The second kappa shape index (κ2) is 7.78. The summed E-state index contributed by atoms with van der Waals surface area (Å²) in [6, 6.07) is 18.7. The van der Waals surface area contributed by atoms with Gasteiger partial charge in [0, 0.05) is 11.5 Å². The van der Waals surface area contributed by atoms with Gasteiger partial charge >= 0.3 is 5.97 Å². The highest BCUT2D eigenvalue weighted by atomic mass is 32.2. The Morgan fingerprint density at radius 3 is 2.32 bits per heavy atom. The molecule has 3 aromatic carbocycles. The van der Waals surface area contributed by atoms with Gasteiger partial charge in [0.05, 0.1) is 4.90 Å². The molecule has 2 unspecified atom stereocenters. The van der Waals surface area contributed by atoms with Gasteiger partial charge in [0.15, 0.2) is 14.6 Å². The SMILES string of the molecule is C=CCC1(S(=O)(=O)c2ccc(C)cc2)C(=O)Oc2ccccc2C1c1ccc(F)cc1. The minimum atomic E-state index is -4.24. The van der Waals surface area contributed by atoms with Crippen LogP contribution in [0.1, 0.15) is 29.0 Å². The predicted molar refractivity (Wildman–Crippen MR) is 116 cm³/mol. The Morgan fingerprint density at radius 2 is 1.68 bits per heavy atom. The summed E-state index contributed by atoms with van der Waals surface area (Å²) in [6.07, 6.45) is 1.25. The quantitative estimate of drug-likeness (QED) is 0.322. The number of fused-ring (bicyclic) bond motifs is 1. The van der Waals surface area contributed by atoms with Gasteiger partial charge in [0.1, 0.15) is 11.6 Å². The fourth-order valence-corrected chi connectivity index (χ4v) is 6.28. The van der Waals surface area contributed by atoms with Gasteiger partial charge in [-0.2, -0.15) is 0 Å². The van der Waals surface area contributed by atoms with E-state index in [2.05, 4.69) is 6.58 Å². The second-order valence-electron chi connectivity index (χ2n) is 7.61. The van der Waals surface area contributed by atoms with Crippen LogP contribution in [0.5, 0.6) is 5.75 Å². The molecule has 3 aromatic rings. The number of esters is 1. The highest BCUT2D eigenvalue weighted by Gasteiger charge is 2.61.